The topological polar surface area (TPSA) is 52.7 Å². The number of benzene rings is 3. The Kier molecular flexibility index (Phi) is 9.52. The molecule has 1 N–H and O–H groups in total. The standard InChI is InChI=1S/C31H34ClN3O2/c1-24(12-13-25-8-4-2-5-9-25)33-29(36)18-19-30(37)34-20-22-35(23-21-34)31(26-10-6-3-7-11-26)27-14-16-28(32)17-15-27/h2-11,14-19,24,31H,12-13,20-23H2,1H3,(H,33,36). The number of amides is 2. The Morgan fingerprint density at radius 3 is 2.08 bits per heavy atom. The fourth-order valence-electron chi connectivity index (χ4n) is 4.74. The first kappa shape index (κ1) is 26.6. The number of nitrogens with zero attached hydrogens (tertiary/aromatic N) is 2. The van der Waals surface area contributed by atoms with Gasteiger partial charge in [0.25, 0.3) is 0 Å². The average Bonchev–Trinajstić information content (AvgIpc) is 2.93. The van der Waals surface area contributed by atoms with Crippen LogP contribution in [0.4, 0.5) is 0 Å². The van der Waals surface area contributed by atoms with E-state index in [1.54, 1.807) is 0 Å². The van der Waals surface area contributed by atoms with Crippen molar-refractivity contribution in [3.05, 3.63) is 119 Å². The third-order valence-electron chi connectivity index (χ3n) is 6.77. The molecule has 2 unspecified atom stereocenters. The molecule has 0 spiro atoms. The van der Waals surface area contributed by atoms with E-state index in [-0.39, 0.29) is 23.9 Å². The molecule has 0 aromatic heterocycles. The van der Waals surface area contributed by atoms with Gasteiger partial charge >= 0.3 is 0 Å². The van der Waals surface area contributed by atoms with Crippen LogP contribution >= 0.6 is 11.6 Å². The minimum atomic E-state index is -0.237. The fraction of sp³-hybridized carbons (Fsp3) is 0.290. The van der Waals surface area contributed by atoms with E-state index in [2.05, 4.69) is 58.7 Å². The van der Waals surface area contributed by atoms with Gasteiger partial charge in [-0.3, -0.25) is 14.5 Å². The zero-order chi connectivity index (χ0) is 26.0. The number of rotatable bonds is 9. The van der Waals surface area contributed by atoms with Crippen molar-refractivity contribution in [2.24, 2.45) is 0 Å². The molecule has 1 fully saturated rings. The highest BCUT2D eigenvalue weighted by Crippen LogP contribution is 2.30. The third-order valence-corrected chi connectivity index (χ3v) is 7.02. The second kappa shape index (κ2) is 13.2. The molecule has 0 bridgehead atoms. The van der Waals surface area contributed by atoms with Crippen LogP contribution in [0.2, 0.25) is 5.02 Å². The molecular weight excluding hydrogens is 482 g/mol. The van der Waals surface area contributed by atoms with Gasteiger partial charge < -0.3 is 10.2 Å². The highest BCUT2D eigenvalue weighted by atomic mass is 35.5. The Bertz CT molecular complexity index is 1170. The van der Waals surface area contributed by atoms with E-state index in [1.807, 2.05) is 48.2 Å². The van der Waals surface area contributed by atoms with Crippen molar-refractivity contribution in [3.8, 4) is 0 Å². The van der Waals surface area contributed by atoms with E-state index >= 15 is 0 Å². The van der Waals surface area contributed by atoms with Crippen LogP contribution in [0.5, 0.6) is 0 Å². The Morgan fingerprint density at radius 1 is 0.838 bits per heavy atom. The number of halogens is 1. The molecule has 37 heavy (non-hydrogen) atoms. The number of nitrogens with one attached hydrogen (secondary N) is 1. The van der Waals surface area contributed by atoms with E-state index in [9.17, 15) is 9.59 Å². The number of hydrogen-bond acceptors (Lipinski definition) is 3. The van der Waals surface area contributed by atoms with Gasteiger partial charge in [0.15, 0.2) is 0 Å². The van der Waals surface area contributed by atoms with Crippen LogP contribution in [0.15, 0.2) is 97.1 Å². The van der Waals surface area contributed by atoms with Crippen LogP contribution in [0.3, 0.4) is 0 Å². The summed E-state index contributed by atoms with van der Waals surface area (Å²) >= 11 is 6.13. The van der Waals surface area contributed by atoms with Gasteiger partial charge in [-0.25, -0.2) is 0 Å². The summed E-state index contributed by atoms with van der Waals surface area (Å²) in [6, 6.07) is 28.7. The molecule has 3 aromatic carbocycles. The molecule has 0 radical (unpaired) electrons. The lowest BCUT2D eigenvalue weighted by Crippen LogP contribution is -2.49. The summed E-state index contributed by atoms with van der Waals surface area (Å²) in [7, 11) is 0. The largest absolute Gasteiger partial charge is 0.350 e. The first-order valence-corrected chi connectivity index (χ1v) is 13.2. The van der Waals surface area contributed by atoms with Gasteiger partial charge in [0.1, 0.15) is 0 Å². The molecule has 1 saturated heterocycles. The number of hydrogen-bond donors (Lipinski definition) is 1. The minimum absolute atomic E-state index is 0.0267. The van der Waals surface area contributed by atoms with Crippen molar-refractivity contribution in [3.63, 3.8) is 0 Å². The van der Waals surface area contributed by atoms with E-state index in [1.165, 1.54) is 28.8 Å². The maximum atomic E-state index is 12.8. The summed E-state index contributed by atoms with van der Waals surface area (Å²) in [5, 5.41) is 3.67. The lowest BCUT2D eigenvalue weighted by atomic mass is 9.96. The zero-order valence-electron chi connectivity index (χ0n) is 21.2. The van der Waals surface area contributed by atoms with Crippen LogP contribution in [-0.4, -0.2) is 53.8 Å². The first-order chi connectivity index (χ1) is 18.0. The summed E-state index contributed by atoms with van der Waals surface area (Å²) in [6.07, 6.45) is 4.49. The van der Waals surface area contributed by atoms with Crippen LogP contribution in [-0.2, 0) is 16.0 Å². The Hall–Kier alpha value is -3.41. The molecule has 0 aliphatic carbocycles. The second-order valence-electron chi connectivity index (χ2n) is 9.49. The number of piperazine rings is 1. The first-order valence-electron chi connectivity index (χ1n) is 12.9. The van der Waals surface area contributed by atoms with Gasteiger partial charge in [-0.05, 0) is 48.6 Å². The molecule has 0 saturated carbocycles. The summed E-state index contributed by atoms with van der Waals surface area (Å²) in [5.74, 6) is -0.367. The molecule has 1 heterocycles. The van der Waals surface area contributed by atoms with Crippen molar-refractivity contribution in [2.45, 2.75) is 31.8 Å². The lowest BCUT2D eigenvalue weighted by Gasteiger charge is -2.39. The predicted molar refractivity (Wildman–Crippen MR) is 149 cm³/mol. The van der Waals surface area contributed by atoms with Gasteiger partial charge in [0.05, 0.1) is 6.04 Å². The summed E-state index contributed by atoms with van der Waals surface area (Å²) in [6.45, 7) is 4.68. The van der Waals surface area contributed by atoms with Crippen molar-refractivity contribution in [1.82, 2.24) is 15.1 Å². The van der Waals surface area contributed by atoms with Crippen LogP contribution in [0.1, 0.15) is 36.1 Å². The molecule has 3 aromatic rings. The summed E-state index contributed by atoms with van der Waals surface area (Å²) in [5.41, 5.74) is 3.63. The van der Waals surface area contributed by atoms with E-state index in [0.717, 1.165) is 25.9 Å². The van der Waals surface area contributed by atoms with Gasteiger partial charge in [-0.2, -0.15) is 0 Å². The summed E-state index contributed by atoms with van der Waals surface area (Å²) < 4.78 is 0. The fourth-order valence-corrected chi connectivity index (χ4v) is 4.86. The Labute approximate surface area is 224 Å². The van der Waals surface area contributed by atoms with E-state index in [4.69, 9.17) is 11.6 Å². The highest BCUT2D eigenvalue weighted by Gasteiger charge is 2.27. The van der Waals surface area contributed by atoms with Gasteiger partial charge in [-0.15, -0.1) is 0 Å². The van der Waals surface area contributed by atoms with E-state index < -0.39 is 0 Å². The van der Waals surface area contributed by atoms with Gasteiger partial charge in [0, 0.05) is 49.4 Å². The smallest absolute Gasteiger partial charge is 0.246 e. The van der Waals surface area contributed by atoms with Crippen molar-refractivity contribution >= 4 is 23.4 Å². The van der Waals surface area contributed by atoms with Crippen molar-refractivity contribution in [1.29, 1.82) is 0 Å². The minimum Gasteiger partial charge on any atom is -0.350 e. The molecule has 2 amide bonds. The molecule has 1 aliphatic rings. The Balaban J connectivity index is 1.29. The third kappa shape index (κ3) is 7.78. The second-order valence-corrected chi connectivity index (χ2v) is 9.93. The summed E-state index contributed by atoms with van der Waals surface area (Å²) in [4.78, 5) is 29.3. The maximum absolute atomic E-state index is 12.8. The molecular formula is C31H34ClN3O2. The van der Waals surface area contributed by atoms with Crippen LogP contribution in [0, 0.1) is 0 Å². The highest BCUT2D eigenvalue weighted by molar-refractivity contribution is 6.30. The van der Waals surface area contributed by atoms with Crippen molar-refractivity contribution in [2.75, 3.05) is 26.2 Å². The zero-order valence-corrected chi connectivity index (χ0v) is 22.0. The molecule has 5 nitrogen and oxygen atoms in total. The SMILES string of the molecule is CC(CCc1ccccc1)NC(=O)C=CC(=O)N1CCN(C(c2ccccc2)c2ccc(Cl)cc2)CC1. The Morgan fingerprint density at radius 2 is 1.43 bits per heavy atom. The number of carbonyl (C=O) groups is 2. The van der Waals surface area contributed by atoms with Crippen LogP contribution in [0.25, 0.3) is 0 Å². The monoisotopic (exact) mass is 515 g/mol. The van der Waals surface area contributed by atoms with Gasteiger partial charge in [0.2, 0.25) is 11.8 Å². The number of aryl methyl sites for hydroxylation is 1. The molecule has 192 valence electrons. The lowest BCUT2D eigenvalue weighted by molar-refractivity contribution is -0.128. The van der Waals surface area contributed by atoms with Crippen LogP contribution < -0.4 is 5.32 Å². The van der Waals surface area contributed by atoms with Crippen molar-refractivity contribution < 1.29 is 9.59 Å². The molecule has 2 atom stereocenters. The normalized spacial score (nSPS) is 15.9. The molecule has 4 rings (SSSR count). The average molecular weight is 516 g/mol. The maximum Gasteiger partial charge on any atom is 0.246 e. The van der Waals surface area contributed by atoms with E-state index in [0.29, 0.717) is 18.1 Å². The molecule has 1 aliphatic heterocycles. The predicted octanol–water partition coefficient (Wildman–Crippen LogP) is 5.27. The quantitative estimate of drug-likeness (QED) is 0.395. The molecule has 6 heteroatoms. The number of carbonyl (C=O) groups excluding carboxylic acids is 2. The van der Waals surface area contributed by atoms with Gasteiger partial charge in [-0.1, -0.05) is 84.4 Å².